The number of nitrogens with one attached hydrogen (secondary N) is 1. The number of ether oxygens (including phenoxy) is 4. The maximum atomic E-state index is 13.1. The second-order valence-corrected chi connectivity index (χ2v) is 13.4. The lowest BCUT2D eigenvalue weighted by Gasteiger charge is -2.41. The topological polar surface area (TPSA) is 165 Å². The molecular formula is C39H39N9O6. The highest BCUT2D eigenvalue weighted by Gasteiger charge is 2.65. The quantitative estimate of drug-likeness (QED) is 0.107. The lowest BCUT2D eigenvalue weighted by molar-refractivity contribution is -0.157. The van der Waals surface area contributed by atoms with E-state index < -0.39 is 35.1 Å². The fraction of sp³-hybridized carbons (Fsp3) is 0.282. The summed E-state index contributed by atoms with van der Waals surface area (Å²) >= 11 is 0. The van der Waals surface area contributed by atoms with Crippen molar-refractivity contribution >= 4 is 29.4 Å². The molecule has 6 aromatic rings. The summed E-state index contributed by atoms with van der Waals surface area (Å²) in [5, 5.41) is 12.4. The zero-order valence-electron chi connectivity index (χ0n) is 30.1. The van der Waals surface area contributed by atoms with Crippen molar-refractivity contribution in [1.29, 1.82) is 0 Å². The molecule has 0 saturated carbocycles. The standard InChI is InChI=1S/C39H39N9O6/c1-46(2)23-43-36-44-33-30(34(50)45-36)42-24-48(33)35-31-32(49)38(54-35,21-47(31)37-40-19-8-20-41-37)22-53-39(25-9-6-5-7-10-25,26-11-15-28(51-3)16-12-26)27-13-17-29(52-4)18-14-27/h5-20,23-24,31-32,35,49H,21-22H2,1-4H3,(H,44,45,50)/t31-,32+,35-,38-/m1/s1. The Bertz CT molecular complexity index is 2270. The number of imidazole rings is 1. The number of aliphatic hydroxyl groups excluding tert-OH is 1. The summed E-state index contributed by atoms with van der Waals surface area (Å²) in [6.45, 7) is 0.130. The Morgan fingerprint density at radius 2 is 1.57 bits per heavy atom. The number of aliphatic imine (C=N–C) groups is 1. The summed E-state index contributed by atoms with van der Waals surface area (Å²) in [7, 11) is 6.87. The Morgan fingerprint density at radius 1 is 0.944 bits per heavy atom. The summed E-state index contributed by atoms with van der Waals surface area (Å²) in [5.74, 6) is 1.89. The monoisotopic (exact) mass is 729 g/mol. The zero-order valence-corrected chi connectivity index (χ0v) is 30.1. The third-order valence-electron chi connectivity index (χ3n) is 9.93. The Morgan fingerprint density at radius 3 is 2.19 bits per heavy atom. The molecule has 54 heavy (non-hydrogen) atoms. The summed E-state index contributed by atoms with van der Waals surface area (Å²) < 4.78 is 26.9. The molecule has 2 N–H and O–H groups in total. The molecule has 0 radical (unpaired) electrons. The first-order chi connectivity index (χ1) is 26.3. The highest BCUT2D eigenvalue weighted by molar-refractivity contribution is 5.71. The van der Waals surface area contributed by atoms with Crippen molar-refractivity contribution in [3.05, 3.63) is 131 Å². The average Bonchev–Trinajstić information content (AvgIpc) is 3.86. The van der Waals surface area contributed by atoms with E-state index in [9.17, 15) is 9.90 Å². The number of benzene rings is 3. The number of H-pyrrole nitrogens is 1. The molecule has 15 nitrogen and oxygen atoms in total. The molecule has 2 saturated heterocycles. The van der Waals surface area contributed by atoms with Crippen molar-refractivity contribution in [2.75, 3.05) is 46.4 Å². The number of hydrogen-bond acceptors (Lipinski definition) is 12. The highest BCUT2D eigenvalue weighted by atomic mass is 16.6. The van der Waals surface area contributed by atoms with Crippen LogP contribution in [0.25, 0.3) is 11.2 Å². The van der Waals surface area contributed by atoms with Crippen LogP contribution in [0, 0.1) is 0 Å². The summed E-state index contributed by atoms with van der Waals surface area (Å²) in [4.78, 5) is 41.8. The molecule has 3 aromatic heterocycles. The van der Waals surface area contributed by atoms with Gasteiger partial charge in [0.15, 0.2) is 17.4 Å². The molecule has 0 unspecified atom stereocenters. The van der Waals surface area contributed by atoms with Gasteiger partial charge in [0.05, 0.1) is 40.0 Å². The van der Waals surface area contributed by atoms with E-state index in [2.05, 4.69) is 29.9 Å². The van der Waals surface area contributed by atoms with Gasteiger partial charge in [-0.3, -0.25) is 14.3 Å². The lowest BCUT2D eigenvalue weighted by atomic mass is 9.79. The molecule has 15 heteroatoms. The molecular weight excluding hydrogens is 690 g/mol. The van der Waals surface area contributed by atoms with E-state index >= 15 is 0 Å². The van der Waals surface area contributed by atoms with E-state index in [-0.39, 0.29) is 30.3 Å². The van der Waals surface area contributed by atoms with Gasteiger partial charge in [0.1, 0.15) is 34.8 Å². The minimum atomic E-state index is -1.31. The predicted molar refractivity (Wildman–Crippen MR) is 200 cm³/mol. The van der Waals surface area contributed by atoms with E-state index in [1.807, 2.05) is 97.9 Å². The van der Waals surface area contributed by atoms with E-state index in [0.29, 0.717) is 17.4 Å². The summed E-state index contributed by atoms with van der Waals surface area (Å²) in [6, 6.07) is 26.4. The van der Waals surface area contributed by atoms with Crippen LogP contribution >= 0.6 is 0 Å². The van der Waals surface area contributed by atoms with Gasteiger partial charge >= 0.3 is 0 Å². The minimum Gasteiger partial charge on any atom is -0.497 e. The highest BCUT2D eigenvalue weighted by Crippen LogP contribution is 2.50. The molecule has 5 heterocycles. The third-order valence-corrected chi connectivity index (χ3v) is 9.93. The Hall–Kier alpha value is -6.16. The van der Waals surface area contributed by atoms with Crippen LogP contribution in [0.2, 0.25) is 0 Å². The van der Waals surface area contributed by atoms with Crippen LogP contribution in [-0.2, 0) is 15.1 Å². The summed E-state index contributed by atoms with van der Waals surface area (Å²) in [5.41, 5.74) is -0.0890. The van der Waals surface area contributed by atoms with Gasteiger partial charge in [-0.05, 0) is 47.0 Å². The van der Waals surface area contributed by atoms with E-state index in [0.717, 1.165) is 16.7 Å². The number of aromatic nitrogens is 6. The molecule has 3 aromatic carbocycles. The van der Waals surface area contributed by atoms with E-state index in [4.69, 9.17) is 18.9 Å². The van der Waals surface area contributed by atoms with Gasteiger partial charge in [-0.15, -0.1) is 0 Å². The molecule has 4 atom stereocenters. The average molecular weight is 730 g/mol. The number of fused-ring (bicyclic) bond motifs is 3. The number of hydrogen-bond donors (Lipinski definition) is 2. The molecule has 2 fully saturated rings. The number of aromatic amines is 1. The maximum absolute atomic E-state index is 13.1. The van der Waals surface area contributed by atoms with E-state index in [1.54, 1.807) is 42.1 Å². The lowest BCUT2D eigenvalue weighted by Crippen LogP contribution is -2.51. The fourth-order valence-electron chi connectivity index (χ4n) is 7.36. The van der Waals surface area contributed by atoms with Crippen LogP contribution in [-0.4, -0.2) is 105 Å². The first-order valence-corrected chi connectivity index (χ1v) is 17.3. The molecule has 276 valence electrons. The van der Waals surface area contributed by atoms with Crippen molar-refractivity contribution in [1.82, 2.24) is 34.4 Å². The van der Waals surface area contributed by atoms with Gasteiger partial charge in [0.2, 0.25) is 11.9 Å². The van der Waals surface area contributed by atoms with Crippen LogP contribution in [0.1, 0.15) is 22.9 Å². The van der Waals surface area contributed by atoms with Crippen LogP contribution in [0.3, 0.4) is 0 Å². The molecule has 8 rings (SSSR count). The molecule has 2 aliphatic heterocycles. The second-order valence-electron chi connectivity index (χ2n) is 13.4. The van der Waals surface area contributed by atoms with E-state index in [1.165, 1.54) is 12.7 Å². The fourth-order valence-corrected chi connectivity index (χ4v) is 7.36. The number of rotatable bonds is 12. The second kappa shape index (κ2) is 14.0. The number of morpholine rings is 1. The minimum absolute atomic E-state index is 0.0729. The van der Waals surface area contributed by atoms with Gasteiger partial charge in [0.25, 0.3) is 5.56 Å². The Kier molecular flexibility index (Phi) is 9.05. The van der Waals surface area contributed by atoms with Crippen molar-refractivity contribution in [3.63, 3.8) is 0 Å². The number of aliphatic hydroxyl groups is 1. The molecule has 0 aliphatic carbocycles. The van der Waals surface area contributed by atoms with Crippen LogP contribution in [0.4, 0.5) is 11.9 Å². The Balaban J connectivity index is 1.25. The van der Waals surface area contributed by atoms with Gasteiger partial charge in [0, 0.05) is 26.5 Å². The largest absolute Gasteiger partial charge is 0.497 e. The van der Waals surface area contributed by atoms with Crippen LogP contribution in [0.5, 0.6) is 11.5 Å². The zero-order chi connectivity index (χ0) is 37.5. The van der Waals surface area contributed by atoms with Crippen molar-refractivity contribution in [2.45, 2.75) is 29.6 Å². The normalized spacial score (nSPS) is 20.9. The number of nitrogens with zero attached hydrogens (tertiary/aromatic N) is 8. The van der Waals surface area contributed by atoms with Crippen molar-refractivity contribution in [3.8, 4) is 11.5 Å². The first-order valence-electron chi connectivity index (χ1n) is 17.3. The molecule has 0 amide bonds. The first kappa shape index (κ1) is 34.9. The SMILES string of the molecule is COc1ccc(C(OC[C@@]23CN(c4ncccn4)[C@@H]([C@H](n4cnc5c(=O)[nH]c(N=CN(C)C)nc54)O2)[C@@H]3O)(c2ccccc2)c2ccc(OC)cc2)cc1. The number of methoxy groups -OCH3 is 2. The maximum Gasteiger partial charge on any atom is 0.280 e. The predicted octanol–water partition coefficient (Wildman–Crippen LogP) is 3.67. The van der Waals surface area contributed by atoms with Gasteiger partial charge in [-0.1, -0.05) is 54.6 Å². The van der Waals surface area contributed by atoms with Gasteiger partial charge < -0.3 is 33.9 Å². The summed E-state index contributed by atoms with van der Waals surface area (Å²) in [6.07, 6.45) is 4.35. The van der Waals surface area contributed by atoms with Crippen molar-refractivity contribution < 1.29 is 24.1 Å². The smallest absolute Gasteiger partial charge is 0.280 e. The third kappa shape index (κ3) is 5.91. The van der Waals surface area contributed by atoms with Crippen LogP contribution < -0.4 is 19.9 Å². The van der Waals surface area contributed by atoms with Gasteiger partial charge in [-0.2, -0.15) is 4.98 Å². The van der Waals surface area contributed by atoms with Crippen LogP contribution in [0.15, 0.2) is 113 Å². The molecule has 2 bridgehead atoms. The number of anilines is 1. The van der Waals surface area contributed by atoms with Gasteiger partial charge in [-0.25, -0.2) is 19.9 Å². The molecule has 0 spiro atoms. The molecule has 2 aliphatic rings. The van der Waals surface area contributed by atoms with Crippen molar-refractivity contribution in [2.24, 2.45) is 4.99 Å². The Labute approximate surface area is 310 Å².